The van der Waals surface area contributed by atoms with E-state index in [1.54, 1.807) is 12.6 Å². The van der Waals surface area contributed by atoms with E-state index < -0.39 is 0 Å². The van der Waals surface area contributed by atoms with Gasteiger partial charge in [-0.3, -0.25) is 12.6 Å². The van der Waals surface area contributed by atoms with Crippen LogP contribution in [-0.2, 0) is 42.3 Å². The van der Waals surface area contributed by atoms with Crippen molar-refractivity contribution < 1.29 is 42.3 Å². The monoisotopic (exact) mass is 245 g/mol. The number of hydrogen-bond donors (Lipinski definition) is 0. The first-order valence-corrected chi connectivity index (χ1v) is 3.89. The summed E-state index contributed by atoms with van der Waals surface area (Å²) < 4.78 is 0. The van der Waals surface area contributed by atoms with E-state index in [2.05, 4.69) is 20.8 Å². The van der Waals surface area contributed by atoms with Gasteiger partial charge >= 0.3 is 0 Å². The third-order valence-electron chi connectivity index (χ3n) is 1.15. The van der Waals surface area contributed by atoms with E-state index in [1.165, 1.54) is 6.42 Å². The molecule has 0 atom stereocenters. The van der Waals surface area contributed by atoms with Gasteiger partial charge in [0, 0.05) is 32.7 Å². The van der Waals surface area contributed by atoms with E-state index in [9.17, 15) is 9.59 Å². The molecule has 0 saturated carbocycles. The topological polar surface area (TPSA) is 34.1 Å². The van der Waals surface area contributed by atoms with Crippen molar-refractivity contribution in [1.82, 2.24) is 0 Å². The Morgan fingerprint density at radius 3 is 1.42 bits per heavy atom. The van der Waals surface area contributed by atoms with Gasteiger partial charge in [-0.2, -0.15) is 12.8 Å². The summed E-state index contributed by atoms with van der Waals surface area (Å²) in [5.41, 5.74) is 0. The maximum Gasteiger partial charge on any atom is 0 e. The van der Waals surface area contributed by atoms with Crippen LogP contribution in [0.3, 0.4) is 0 Å². The van der Waals surface area contributed by atoms with Gasteiger partial charge < -0.3 is 9.59 Å². The van der Waals surface area contributed by atoms with Crippen molar-refractivity contribution in [3.63, 3.8) is 0 Å². The standard InChI is InChI=1S/C5H12.C4H4O2.Y/c1-4-5(2)3;5-3-1-2-4-6;/h5H,4H2,1-3H3;1-2H2;/q;-2;. The molecule has 0 aliphatic rings. The Bertz CT molecular complexity index is 84.5. The van der Waals surface area contributed by atoms with Crippen molar-refractivity contribution in [2.45, 2.75) is 40.0 Å². The van der Waals surface area contributed by atoms with Gasteiger partial charge in [0.2, 0.25) is 0 Å². The molecule has 0 saturated heterocycles. The van der Waals surface area contributed by atoms with Crippen molar-refractivity contribution in [3.05, 3.63) is 0 Å². The van der Waals surface area contributed by atoms with Crippen LogP contribution >= 0.6 is 0 Å². The average Bonchev–Trinajstić information content (AvgIpc) is 2.02. The zero-order valence-corrected chi connectivity index (χ0v) is 10.9. The summed E-state index contributed by atoms with van der Waals surface area (Å²) in [5, 5.41) is 0. The fraction of sp³-hybridized carbons (Fsp3) is 0.778. The Kier molecular flexibility index (Phi) is 26.7. The Morgan fingerprint density at radius 2 is 1.33 bits per heavy atom. The largest absolute Gasteiger partial charge is 0.542 e. The minimum absolute atomic E-state index is 0. The summed E-state index contributed by atoms with van der Waals surface area (Å²) in [7, 11) is 0. The van der Waals surface area contributed by atoms with Crippen LogP contribution in [0.25, 0.3) is 0 Å². The maximum atomic E-state index is 9.26. The average molecular weight is 245 g/mol. The zero-order valence-electron chi connectivity index (χ0n) is 8.09. The molecule has 1 radical (unpaired) electrons. The molecule has 0 aromatic carbocycles. The van der Waals surface area contributed by atoms with E-state index in [0.717, 1.165) is 5.92 Å². The van der Waals surface area contributed by atoms with Gasteiger partial charge in [-0.1, -0.05) is 27.2 Å². The van der Waals surface area contributed by atoms with Gasteiger partial charge in [0.15, 0.2) is 0 Å². The SMILES string of the molecule is CCC(C)C.O=[C-]CC[C-]=O.[Y]. The minimum atomic E-state index is 0. The molecule has 0 unspecified atom stereocenters. The van der Waals surface area contributed by atoms with Crippen LogP contribution in [0.4, 0.5) is 0 Å². The van der Waals surface area contributed by atoms with Gasteiger partial charge in [0.05, 0.1) is 0 Å². The van der Waals surface area contributed by atoms with Crippen molar-refractivity contribution in [3.8, 4) is 0 Å². The quantitative estimate of drug-likeness (QED) is 0.561. The molecule has 0 heterocycles. The fourth-order valence-electron chi connectivity index (χ4n) is 0.102. The molecule has 0 rings (SSSR count). The Hall–Kier alpha value is 0.444. The molecule has 12 heavy (non-hydrogen) atoms. The third-order valence-corrected chi connectivity index (χ3v) is 1.15. The Morgan fingerprint density at radius 1 is 1.08 bits per heavy atom. The smallest absolute Gasteiger partial charge is 0 e. The van der Waals surface area contributed by atoms with Gasteiger partial charge in [-0.15, -0.1) is 0 Å². The Balaban J connectivity index is -0.000000126. The van der Waals surface area contributed by atoms with Crippen LogP contribution in [0.1, 0.15) is 40.0 Å². The number of hydrogen-bond acceptors (Lipinski definition) is 2. The molecule has 0 N–H and O–H groups in total. The summed E-state index contributed by atoms with van der Waals surface area (Å²) in [6, 6.07) is 0. The molecule has 0 aromatic heterocycles. The van der Waals surface area contributed by atoms with E-state index in [0.29, 0.717) is 0 Å². The molecule has 0 aliphatic heterocycles. The van der Waals surface area contributed by atoms with Gasteiger partial charge in [-0.25, -0.2) is 0 Å². The summed E-state index contributed by atoms with van der Waals surface area (Å²) in [6.07, 6.45) is 4.79. The molecule has 0 aromatic rings. The van der Waals surface area contributed by atoms with Crippen LogP contribution < -0.4 is 0 Å². The fourth-order valence-corrected chi connectivity index (χ4v) is 0.102. The van der Waals surface area contributed by atoms with Gasteiger partial charge in [0.25, 0.3) is 0 Å². The molecule has 0 spiro atoms. The second kappa shape index (κ2) is 17.5. The second-order valence-electron chi connectivity index (χ2n) is 2.59. The van der Waals surface area contributed by atoms with Crippen LogP contribution in [0.15, 0.2) is 0 Å². The third kappa shape index (κ3) is 31.4. The molecular weight excluding hydrogens is 229 g/mol. The Labute approximate surface area is 100 Å². The van der Waals surface area contributed by atoms with Crippen molar-refractivity contribution in [2.75, 3.05) is 0 Å². The zero-order chi connectivity index (χ0) is 9.11. The van der Waals surface area contributed by atoms with Gasteiger partial charge in [0.1, 0.15) is 0 Å². The van der Waals surface area contributed by atoms with Crippen molar-refractivity contribution in [1.29, 1.82) is 0 Å². The van der Waals surface area contributed by atoms with Crippen molar-refractivity contribution in [2.24, 2.45) is 5.92 Å². The second-order valence-corrected chi connectivity index (χ2v) is 2.59. The summed E-state index contributed by atoms with van der Waals surface area (Å²) >= 11 is 0. The maximum absolute atomic E-state index is 9.26. The van der Waals surface area contributed by atoms with Gasteiger partial charge in [-0.05, 0) is 5.92 Å². The molecule has 3 heteroatoms. The molecule has 0 bridgehead atoms. The number of carbonyl (C=O) groups excluding carboxylic acids is 2. The van der Waals surface area contributed by atoms with E-state index >= 15 is 0 Å². The summed E-state index contributed by atoms with van der Waals surface area (Å²) in [6.45, 7) is 6.64. The van der Waals surface area contributed by atoms with Crippen molar-refractivity contribution >= 4 is 12.6 Å². The first-order valence-electron chi connectivity index (χ1n) is 3.89. The first-order chi connectivity index (χ1) is 5.18. The molecular formula is C9H16O2Y-2. The number of rotatable bonds is 4. The normalized spacial score (nSPS) is 7.67. The summed E-state index contributed by atoms with van der Waals surface area (Å²) in [4.78, 5) is 18.5. The molecule has 69 valence electrons. The minimum Gasteiger partial charge on any atom is -0.542 e. The predicted molar refractivity (Wildman–Crippen MR) is 45.8 cm³/mol. The van der Waals surface area contributed by atoms with Crippen LogP contribution in [0, 0.1) is 5.92 Å². The van der Waals surface area contributed by atoms with Crippen LogP contribution in [0.5, 0.6) is 0 Å². The molecule has 2 nitrogen and oxygen atoms in total. The number of unbranched alkanes of at least 4 members (excludes halogenated alkanes) is 1. The molecule has 0 amide bonds. The van der Waals surface area contributed by atoms with E-state index in [4.69, 9.17) is 0 Å². The van der Waals surface area contributed by atoms with Crippen LogP contribution in [0.2, 0.25) is 0 Å². The summed E-state index contributed by atoms with van der Waals surface area (Å²) in [5.74, 6) is 0.884. The molecule has 0 aliphatic carbocycles. The first kappa shape index (κ1) is 18.3. The van der Waals surface area contributed by atoms with E-state index in [-0.39, 0.29) is 45.6 Å². The molecule has 0 fully saturated rings. The van der Waals surface area contributed by atoms with E-state index in [1.807, 2.05) is 0 Å². The van der Waals surface area contributed by atoms with Crippen LogP contribution in [-0.4, -0.2) is 12.6 Å². The predicted octanol–water partition coefficient (Wildman–Crippen LogP) is 2.04.